The van der Waals surface area contributed by atoms with Crippen LogP contribution in [0.25, 0.3) is 10.9 Å². The van der Waals surface area contributed by atoms with E-state index in [4.69, 9.17) is 4.74 Å². The van der Waals surface area contributed by atoms with Gasteiger partial charge in [-0.25, -0.2) is 9.97 Å². The van der Waals surface area contributed by atoms with E-state index >= 15 is 0 Å². The molecular formula is C17H15N3O2. The van der Waals surface area contributed by atoms with E-state index in [1.165, 1.54) is 11.2 Å². The second kappa shape index (κ2) is 5.81. The van der Waals surface area contributed by atoms with Crippen molar-refractivity contribution in [3.05, 3.63) is 60.4 Å². The Balaban J connectivity index is 1.88. The van der Waals surface area contributed by atoms with Crippen molar-refractivity contribution >= 4 is 16.8 Å². The lowest BCUT2D eigenvalue weighted by atomic mass is 10.2. The highest BCUT2D eigenvalue weighted by molar-refractivity contribution is 5.94. The molecule has 0 spiro atoms. The van der Waals surface area contributed by atoms with Gasteiger partial charge in [-0.2, -0.15) is 0 Å². The first-order valence-corrected chi connectivity index (χ1v) is 6.84. The summed E-state index contributed by atoms with van der Waals surface area (Å²) in [5.41, 5.74) is 1.44. The molecule has 1 heterocycles. The molecule has 0 fully saturated rings. The van der Waals surface area contributed by atoms with Crippen LogP contribution in [-0.4, -0.2) is 34.9 Å². The highest BCUT2D eigenvalue weighted by Crippen LogP contribution is 2.26. The number of aromatic nitrogens is 2. The number of ether oxygens (including phenoxy) is 1. The van der Waals surface area contributed by atoms with E-state index in [0.717, 1.165) is 10.9 Å². The zero-order chi connectivity index (χ0) is 15.5. The Morgan fingerprint density at radius 1 is 1.00 bits per heavy atom. The van der Waals surface area contributed by atoms with Crippen molar-refractivity contribution in [1.82, 2.24) is 14.9 Å². The van der Waals surface area contributed by atoms with Crippen molar-refractivity contribution in [3.8, 4) is 11.6 Å². The predicted octanol–water partition coefficient (Wildman–Crippen LogP) is 3.12. The van der Waals surface area contributed by atoms with Gasteiger partial charge in [0.05, 0.1) is 10.9 Å². The summed E-state index contributed by atoms with van der Waals surface area (Å²) in [4.78, 5) is 21.8. The minimum absolute atomic E-state index is 0.0426. The molecule has 110 valence electrons. The van der Waals surface area contributed by atoms with Crippen molar-refractivity contribution < 1.29 is 9.53 Å². The number of hydrogen-bond acceptors (Lipinski definition) is 4. The van der Waals surface area contributed by atoms with Gasteiger partial charge in [-0.1, -0.05) is 12.1 Å². The van der Waals surface area contributed by atoms with E-state index < -0.39 is 0 Å². The van der Waals surface area contributed by atoms with E-state index in [-0.39, 0.29) is 5.91 Å². The zero-order valence-corrected chi connectivity index (χ0v) is 12.4. The summed E-state index contributed by atoms with van der Waals surface area (Å²) in [6.07, 6.45) is 1.47. The molecule has 3 aromatic rings. The molecule has 0 saturated carbocycles. The van der Waals surface area contributed by atoms with E-state index in [9.17, 15) is 4.79 Å². The molecule has 0 aliphatic rings. The molecule has 0 aliphatic carbocycles. The Morgan fingerprint density at radius 2 is 1.73 bits per heavy atom. The van der Waals surface area contributed by atoms with Gasteiger partial charge >= 0.3 is 0 Å². The standard InChI is InChI=1S/C17H15N3O2/c1-20(2)17(21)12-7-9-13(10-8-12)22-16-14-5-3-4-6-15(14)18-11-19-16/h3-11H,1-2H3. The number of carbonyl (C=O) groups is 1. The summed E-state index contributed by atoms with van der Waals surface area (Å²) in [7, 11) is 3.44. The van der Waals surface area contributed by atoms with Crippen molar-refractivity contribution in [1.29, 1.82) is 0 Å². The average Bonchev–Trinajstić information content (AvgIpc) is 2.55. The number of benzene rings is 2. The van der Waals surface area contributed by atoms with Crippen LogP contribution in [0.5, 0.6) is 11.6 Å². The quantitative estimate of drug-likeness (QED) is 0.744. The first-order chi connectivity index (χ1) is 10.6. The van der Waals surface area contributed by atoms with Crippen molar-refractivity contribution in [3.63, 3.8) is 0 Å². The van der Waals surface area contributed by atoms with Crippen molar-refractivity contribution in [2.75, 3.05) is 14.1 Å². The lowest BCUT2D eigenvalue weighted by Gasteiger charge is -2.11. The van der Waals surface area contributed by atoms with Gasteiger partial charge in [0.2, 0.25) is 5.88 Å². The normalized spacial score (nSPS) is 10.5. The van der Waals surface area contributed by atoms with Crippen LogP contribution in [0.1, 0.15) is 10.4 Å². The number of fused-ring (bicyclic) bond motifs is 1. The van der Waals surface area contributed by atoms with Gasteiger partial charge in [0.15, 0.2) is 0 Å². The van der Waals surface area contributed by atoms with Crippen LogP contribution in [0.3, 0.4) is 0 Å². The van der Waals surface area contributed by atoms with Crippen LogP contribution in [0.2, 0.25) is 0 Å². The van der Waals surface area contributed by atoms with Crippen LogP contribution < -0.4 is 4.74 Å². The maximum atomic E-state index is 11.9. The average molecular weight is 293 g/mol. The number of hydrogen-bond donors (Lipinski definition) is 0. The molecule has 2 aromatic carbocycles. The minimum atomic E-state index is -0.0426. The second-order valence-electron chi connectivity index (χ2n) is 5.02. The molecule has 0 saturated heterocycles. The monoisotopic (exact) mass is 293 g/mol. The van der Waals surface area contributed by atoms with Crippen molar-refractivity contribution in [2.45, 2.75) is 0 Å². The van der Waals surface area contributed by atoms with E-state index in [0.29, 0.717) is 17.2 Å². The Labute approximate surface area is 128 Å². The molecule has 0 atom stereocenters. The molecule has 1 aromatic heterocycles. The number of amides is 1. The largest absolute Gasteiger partial charge is 0.438 e. The third-order valence-electron chi connectivity index (χ3n) is 3.23. The zero-order valence-electron chi connectivity index (χ0n) is 12.4. The molecule has 0 N–H and O–H groups in total. The second-order valence-corrected chi connectivity index (χ2v) is 5.02. The number of nitrogens with zero attached hydrogens (tertiary/aromatic N) is 3. The maximum Gasteiger partial charge on any atom is 0.253 e. The third-order valence-corrected chi connectivity index (χ3v) is 3.23. The lowest BCUT2D eigenvalue weighted by Crippen LogP contribution is -2.21. The fraction of sp³-hybridized carbons (Fsp3) is 0.118. The van der Waals surface area contributed by atoms with E-state index in [2.05, 4.69) is 9.97 Å². The molecule has 0 aliphatic heterocycles. The van der Waals surface area contributed by atoms with Gasteiger partial charge in [0.1, 0.15) is 12.1 Å². The smallest absolute Gasteiger partial charge is 0.253 e. The summed E-state index contributed by atoms with van der Waals surface area (Å²) < 4.78 is 5.81. The highest BCUT2D eigenvalue weighted by atomic mass is 16.5. The fourth-order valence-electron chi connectivity index (χ4n) is 2.10. The number of rotatable bonds is 3. The van der Waals surface area contributed by atoms with Gasteiger partial charge in [-0.15, -0.1) is 0 Å². The van der Waals surface area contributed by atoms with Gasteiger partial charge in [-0.3, -0.25) is 4.79 Å². The van der Waals surface area contributed by atoms with Crippen LogP contribution in [0, 0.1) is 0 Å². The molecular weight excluding hydrogens is 278 g/mol. The van der Waals surface area contributed by atoms with Gasteiger partial charge in [-0.05, 0) is 36.4 Å². The van der Waals surface area contributed by atoms with Gasteiger partial charge in [0, 0.05) is 19.7 Å². The Kier molecular flexibility index (Phi) is 3.70. The topological polar surface area (TPSA) is 55.3 Å². The maximum absolute atomic E-state index is 11.9. The summed E-state index contributed by atoms with van der Waals surface area (Å²) in [6, 6.07) is 14.6. The van der Waals surface area contributed by atoms with E-state index in [1.54, 1.807) is 38.4 Å². The summed E-state index contributed by atoms with van der Waals surface area (Å²) in [5, 5.41) is 0.846. The van der Waals surface area contributed by atoms with Crippen LogP contribution in [-0.2, 0) is 0 Å². The van der Waals surface area contributed by atoms with E-state index in [1.807, 2.05) is 24.3 Å². The molecule has 0 radical (unpaired) electrons. The Morgan fingerprint density at radius 3 is 2.45 bits per heavy atom. The van der Waals surface area contributed by atoms with Crippen LogP contribution in [0.15, 0.2) is 54.9 Å². The molecule has 1 amide bonds. The van der Waals surface area contributed by atoms with Crippen LogP contribution >= 0.6 is 0 Å². The SMILES string of the molecule is CN(C)C(=O)c1ccc(Oc2ncnc3ccccc23)cc1. The minimum Gasteiger partial charge on any atom is -0.438 e. The molecule has 5 heteroatoms. The van der Waals surface area contributed by atoms with Gasteiger partial charge < -0.3 is 9.64 Å². The number of carbonyl (C=O) groups excluding carboxylic acids is 1. The molecule has 22 heavy (non-hydrogen) atoms. The van der Waals surface area contributed by atoms with Crippen LogP contribution in [0.4, 0.5) is 0 Å². The first kappa shape index (κ1) is 14.0. The first-order valence-electron chi connectivity index (χ1n) is 6.84. The Hall–Kier alpha value is -2.95. The summed E-state index contributed by atoms with van der Waals surface area (Å²) in [6.45, 7) is 0. The molecule has 0 unspecified atom stereocenters. The predicted molar refractivity (Wildman–Crippen MR) is 84.1 cm³/mol. The summed E-state index contributed by atoms with van der Waals surface area (Å²) in [5.74, 6) is 1.08. The highest BCUT2D eigenvalue weighted by Gasteiger charge is 2.09. The summed E-state index contributed by atoms with van der Waals surface area (Å²) >= 11 is 0. The molecule has 3 rings (SSSR count). The lowest BCUT2D eigenvalue weighted by molar-refractivity contribution is 0.0827. The Bertz CT molecular complexity index is 808. The molecule has 0 bridgehead atoms. The molecule has 5 nitrogen and oxygen atoms in total. The van der Waals surface area contributed by atoms with Crippen molar-refractivity contribution in [2.24, 2.45) is 0 Å². The third kappa shape index (κ3) is 2.74. The fourth-order valence-corrected chi connectivity index (χ4v) is 2.10. The van der Waals surface area contributed by atoms with Gasteiger partial charge in [0.25, 0.3) is 5.91 Å². The number of para-hydroxylation sites is 1.